The topological polar surface area (TPSA) is 64.2 Å². The summed E-state index contributed by atoms with van der Waals surface area (Å²) in [6.07, 6.45) is 0.491. The summed E-state index contributed by atoms with van der Waals surface area (Å²) in [5.74, 6) is -0.641. The van der Waals surface area contributed by atoms with Crippen LogP contribution in [0.2, 0.25) is 0 Å². The van der Waals surface area contributed by atoms with Crippen LogP contribution in [0.5, 0.6) is 0 Å². The molecule has 1 aromatic carbocycles. The lowest BCUT2D eigenvalue weighted by Gasteiger charge is -2.05. The molecule has 14 heavy (non-hydrogen) atoms. The summed E-state index contributed by atoms with van der Waals surface area (Å²) in [6.45, 7) is 0. The van der Waals surface area contributed by atoms with Gasteiger partial charge < -0.3 is 10.0 Å². The van der Waals surface area contributed by atoms with Crippen LogP contribution in [-0.4, -0.2) is 17.2 Å². The summed E-state index contributed by atoms with van der Waals surface area (Å²) in [6, 6.07) is 6.26. The van der Waals surface area contributed by atoms with Crippen molar-refractivity contribution in [2.75, 3.05) is 0 Å². The van der Waals surface area contributed by atoms with Gasteiger partial charge in [-0.25, -0.2) is 4.39 Å². The SMILES string of the molecule is N#CCCc1cccc(B(O)O)c1F. The van der Waals surface area contributed by atoms with Crippen molar-refractivity contribution >= 4 is 12.6 Å². The lowest BCUT2D eigenvalue weighted by atomic mass is 9.78. The Hall–Kier alpha value is -1.38. The molecule has 0 heterocycles. The largest absolute Gasteiger partial charge is 0.491 e. The molecule has 0 radical (unpaired) electrons. The van der Waals surface area contributed by atoms with Crippen molar-refractivity contribution in [2.24, 2.45) is 0 Å². The highest BCUT2D eigenvalue weighted by Crippen LogP contribution is 2.07. The smallest absolute Gasteiger partial charge is 0.423 e. The quantitative estimate of drug-likeness (QED) is 0.662. The van der Waals surface area contributed by atoms with Gasteiger partial charge in [0.2, 0.25) is 0 Å². The summed E-state index contributed by atoms with van der Waals surface area (Å²) in [5, 5.41) is 25.9. The summed E-state index contributed by atoms with van der Waals surface area (Å²) >= 11 is 0. The fraction of sp³-hybridized carbons (Fsp3) is 0.222. The van der Waals surface area contributed by atoms with Gasteiger partial charge in [0.25, 0.3) is 0 Å². The average Bonchev–Trinajstić information content (AvgIpc) is 2.16. The number of aryl methyl sites for hydroxylation is 1. The third-order valence-corrected chi connectivity index (χ3v) is 1.89. The number of halogens is 1. The Labute approximate surface area is 81.6 Å². The van der Waals surface area contributed by atoms with Crippen LogP contribution in [-0.2, 0) is 6.42 Å². The minimum Gasteiger partial charge on any atom is -0.423 e. The maximum atomic E-state index is 13.4. The van der Waals surface area contributed by atoms with E-state index in [1.54, 1.807) is 0 Å². The second-order valence-corrected chi connectivity index (χ2v) is 2.85. The van der Waals surface area contributed by atoms with Gasteiger partial charge in [0, 0.05) is 11.9 Å². The third-order valence-electron chi connectivity index (χ3n) is 1.89. The number of nitriles is 1. The first-order valence-electron chi connectivity index (χ1n) is 4.17. The van der Waals surface area contributed by atoms with Crippen LogP contribution < -0.4 is 5.46 Å². The van der Waals surface area contributed by atoms with E-state index >= 15 is 0 Å². The van der Waals surface area contributed by atoms with Crippen molar-refractivity contribution in [3.63, 3.8) is 0 Å². The molecule has 0 bridgehead atoms. The molecule has 0 atom stereocenters. The summed E-state index contributed by atoms with van der Waals surface area (Å²) in [4.78, 5) is 0. The summed E-state index contributed by atoms with van der Waals surface area (Å²) in [5.41, 5.74) is 0.178. The molecule has 0 aromatic heterocycles. The number of hydrogen-bond acceptors (Lipinski definition) is 3. The Bertz CT molecular complexity index is 362. The van der Waals surface area contributed by atoms with Crippen molar-refractivity contribution in [1.29, 1.82) is 5.26 Å². The normalized spacial score (nSPS) is 9.57. The minimum absolute atomic E-state index is 0.152. The zero-order valence-corrected chi connectivity index (χ0v) is 7.44. The molecule has 0 saturated heterocycles. The molecule has 0 aliphatic heterocycles. The predicted molar refractivity (Wildman–Crippen MR) is 50.2 cm³/mol. The monoisotopic (exact) mass is 193 g/mol. The molecule has 1 rings (SSSR count). The zero-order chi connectivity index (χ0) is 10.6. The van der Waals surface area contributed by atoms with Gasteiger partial charge in [-0.1, -0.05) is 18.2 Å². The Morgan fingerprint density at radius 3 is 2.71 bits per heavy atom. The van der Waals surface area contributed by atoms with E-state index < -0.39 is 12.9 Å². The van der Waals surface area contributed by atoms with E-state index in [0.717, 1.165) is 0 Å². The molecule has 1 aromatic rings. The van der Waals surface area contributed by atoms with Crippen LogP contribution in [0.15, 0.2) is 18.2 Å². The van der Waals surface area contributed by atoms with E-state index in [1.807, 2.05) is 6.07 Å². The number of nitrogens with zero attached hydrogens (tertiary/aromatic N) is 1. The Morgan fingerprint density at radius 2 is 2.14 bits per heavy atom. The maximum Gasteiger partial charge on any atom is 0.491 e. The first-order valence-corrected chi connectivity index (χ1v) is 4.17. The van der Waals surface area contributed by atoms with Crippen LogP contribution >= 0.6 is 0 Å². The average molecular weight is 193 g/mol. The summed E-state index contributed by atoms with van der Waals surface area (Å²) in [7, 11) is -1.81. The fourth-order valence-corrected chi connectivity index (χ4v) is 1.18. The second-order valence-electron chi connectivity index (χ2n) is 2.85. The fourth-order valence-electron chi connectivity index (χ4n) is 1.18. The number of hydrogen-bond donors (Lipinski definition) is 2. The van der Waals surface area contributed by atoms with Gasteiger partial charge in [-0.2, -0.15) is 5.26 Å². The molecule has 3 nitrogen and oxygen atoms in total. The molecule has 0 aliphatic rings. The molecule has 2 N–H and O–H groups in total. The Balaban J connectivity index is 2.96. The van der Waals surface area contributed by atoms with E-state index in [9.17, 15) is 4.39 Å². The molecular weight excluding hydrogens is 184 g/mol. The minimum atomic E-state index is -1.81. The highest BCUT2D eigenvalue weighted by molar-refractivity contribution is 6.58. The third kappa shape index (κ3) is 2.31. The molecule has 0 spiro atoms. The number of benzene rings is 1. The van der Waals surface area contributed by atoms with Crippen LogP contribution in [0.25, 0.3) is 0 Å². The van der Waals surface area contributed by atoms with Gasteiger partial charge in [0.05, 0.1) is 6.07 Å². The van der Waals surface area contributed by atoms with E-state index in [0.29, 0.717) is 5.56 Å². The molecule has 72 valence electrons. The van der Waals surface area contributed by atoms with Gasteiger partial charge in [0.1, 0.15) is 5.82 Å². The van der Waals surface area contributed by atoms with Crippen molar-refractivity contribution < 1.29 is 14.4 Å². The standard InChI is InChI=1S/C9H9BFNO2/c11-9-7(4-2-6-12)3-1-5-8(9)10(13)14/h1,3,5,13-14H,2,4H2. The predicted octanol–water partition coefficient (Wildman–Crippen LogP) is -0.0383. The van der Waals surface area contributed by atoms with Gasteiger partial charge in [-0.05, 0) is 12.0 Å². The van der Waals surface area contributed by atoms with Crippen LogP contribution in [0, 0.1) is 17.1 Å². The second kappa shape index (κ2) is 4.75. The Morgan fingerprint density at radius 1 is 1.43 bits per heavy atom. The molecule has 0 saturated carbocycles. The van der Waals surface area contributed by atoms with E-state index in [4.69, 9.17) is 15.3 Å². The van der Waals surface area contributed by atoms with Crippen LogP contribution in [0.3, 0.4) is 0 Å². The van der Waals surface area contributed by atoms with Crippen molar-refractivity contribution in [3.8, 4) is 6.07 Å². The van der Waals surface area contributed by atoms with E-state index in [2.05, 4.69) is 0 Å². The molecule has 0 aliphatic carbocycles. The van der Waals surface area contributed by atoms with Gasteiger partial charge in [-0.15, -0.1) is 0 Å². The van der Waals surface area contributed by atoms with Gasteiger partial charge in [-0.3, -0.25) is 0 Å². The molecule has 0 unspecified atom stereocenters. The van der Waals surface area contributed by atoms with Crippen LogP contribution in [0.1, 0.15) is 12.0 Å². The highest BCUT2D eigenvalue weighted by atomic mass is 19.1. The Kier molecular flexibility index (Phi) is 3.63. The maximum absolute atomic E-state index is 13.4. The van der Waals surface area contributed by atoms with Crippen molar-refractivity contribution in [2.45, 2.75) is 12.8 Å². The van der Waals surface area contributed by atoms with E-state index in [-0.39, 0.29) is 18.3 Å². The molecule has 0 fully saturated rings. The van der Waals surface area contributed by atoms with Crippen molar-refractivity contribution in [1.82, 2.24) is 0 Å². The first kappa shape index (κ1) is 10.7. The zero-order valence-electron chi connectivity index (χ0n) is 7.44. The number of rotatable bonds is 3. The van der Waals surface area contributed by atoms with Crippen LogP contribution in [0.4, 0.5) is 4.39 Å². The highest BCUT2D eigenvalue weighted by Gasteiger charge is 2.18. The molecular formula is C9H9BFNO2. The first-order chi connectivity index (χ1) is 6.66. The van der Waals surface area contributed by atoms with Gasteiger partial charge >= 0.3 is 7.12 Å². The molecule has 0 amide bonds. The lowest BCUT2D eigenvalue weighted by molar-refractivity contribution is 0.422. The van der Waals surface area contributed by atoms with Crippen molar-refractivity contribution in [3.05, 3.63) is 29.6 Å². The van der Waals surface area contributed by atoms with E-state index in [1.165, 1.54) is 18.2 Å². The molecule has 5 heteroatoms. The van der Waals surface area contributed by atoms with Gasteiger partial charge in [0.15, 0.2) is 0 Å². The summed E-state index contributed by atoms with van der Waals surface area (Å²) < 4.78 is 13.4. The lowest BCUT2D eigenvalue weighted by Crippen LogP contribution is -2.33.